The van der Waals surface area contributed by atoms with Crippen LogP contribution in [0.1, 0.15) is 95.5 Å². The molecule has 3 aromatic rings. The van der Waals surface area contributed by atoms with Crippen molar-refractivity contribution in [3.63, 3.8) is 0 Å². The Morgan fingerprint density at radius 1 is 0.818 bits per heavy atom. The molecular formula is C37H47F9N4O4Si. The summed E-state index contributed by atoms with van der Waals surface area (Å²) in [5.74, 6) is -0.521. The van der Waals surface area contributed by atoms with Crippen LogP contribution in [0.2, 0.25) is 5.04 Å². The molecule has 0 bridgehead atoms. The molecule has 0 radical (unpaired) electrons. The number of halogens is 9. The smallest absolute Gasteiger partial charge is 0.416 e. The number of hydrogen-bond acceptors (Lipinski definition) is 8. The van der Waals surface area contributed by atoms with Gasteiger partial charge in [0.1, 0.15) is 0 Å². The lowest BCUT2D eigenvalue weighted by Gasteiger charge is -2.38. The van der Waals surface area contributed by atoms with Crippen LogP contribution in [0.4, 0.5) is 51.1 Å². The van der Waals surface area contributed by atoms with Gasteiger partial charge >= 0.3 is 24.5 Å². The lowest BCUT2D eigenvalue weighted by atomic mass is 9.95. The number of rotatable bonds is 17. The predicted octanol–water partition coefficient (Wildman–Crippen LogP) is 9.75. The Kier molecular flexibility index (Phi) is 15.0. The van der Waals surface area contributed by atoms with E-state index in [-0.39, 0.29) is 60.1 Å². The second-order valence-corrected chi connectivity index (χ2v) is 17.4. The molecule has 0 saturated carbocycles. The Balaban J connectivity index is 2.10. The van der Waals surface area contributed by atoms with Crippen LogP contribution in [-0.4, -0.2) is 50.6 Å². The molecule has 0 aliphatic carbocycles. The average molecular weight is 811 g/mol. The number of anilines is 2. The molecule has 0 fully saturated rings. The van der Waals surface area contributed by atoms with Crippen molar-refractivity contribution in [2.24, 2.45) is 0 Å². The number of nitrogens with zero attached hydrogens (tertiary/aromatic N) is 3. The van der Waals surface area contributed by atoms with E-state index in [0.717, 1.165) is 12.1 Å². The van der Waals surface area contributed by atoms with Gasteiger partial charge in [-0.3, -0.25) is 4.79 Å². The number of hydrogen-bond donors (Lipinski definition) is 1. The first-order valence-electron chi connectivity index (χ1n) is 17.6. The molecule has 0 spiro atoms. The first-order chi connectivity index (χ1) is 25.3. The zero-order valence-electron chi connectivity index (χ0n) is 31.7. The highest BCUT2D eigenvalue weighted by Crippen LogP contribution is 2.38. The molecule has 0 aliphatic heterocycles. The van der Waals surface area contributed by atoms with E-state index < -0.39 is 81.2 Å². The number of carbonyl (C=O) groups is 1. The Morgan fingerprint density at radius 3 is 1.91 bits per heavy atom. The molecule has 18 heteroatoms. The Bertz CT molecular complexity index is 1680. The summed E-state index contributed by atoms with van der Waals surface area (Å²) in [5, 5.41) is 3.24. The summed E-state index contributed by atoms with van der Waals surface area (Å²) in [6, 6.07) is 3.64. The van der Waals surface area contributed by atoms with Crippen molar-refractivity contribution in [3.05, 3.63) is 76.6 Å². The Labute approximate surface area is 317 Å². The number of ether oxygens (including phenoxy) is 2. The zero-order valence-corrected chi connectivity index (χ0v) is 33.1. The topological polar surface area (TPSA) is 85.8 Å². The summed E-state index contributed by atoms with van der Waals surface area (Å²) in [6.45, 7) is 12.5. The molecule has 0 unspecified atom stereocenters. The van der Waals surface area contributed by atoms with Gasteiger partial charge in [-0.2, -0.15) is 39.5 Å². The molecule has 55 heavy (non-hydrogen) atoms. The van der Waals surface area contributed by atoms with Crippen LogP contribution in [-0.2, 0) is 45.6 Å². The molecule has 1 N–H and O–H groups in total. The zero-order chi connectivity index (χ0) is 41.4. The van der Waals surface area contributed by atoms with Gasteiger partial charge in [0.05, 0.1) is 53.9 Å². The molecule has 8 nitrogen and oxygen atoms in total. The van der Waals surface area contributed by atoms with Crippen LogP contribution in [0.5, 0.6) is 5.75 Å². The molecule has 1 aromatic heterocycles. The van der Waals surface area contributed by atoms with E-state index >= 15 is 0 Å². The monoisotopic (exact) mass is 810 g/mol. The summed E-state index contributed by atoms with van der Waals surface area (Å²) < 4.78 is 142. The highest BCUT2D eigenvalue weighted by Gasteiger charge is 2.38. The van der Waals surface area contributed by atoms with Crippen LogP contribution in [0, 0.1) is 0 Å². The molecular weight excluding hydrogens is 763 g/mol. The standard InChI is InChI=1S/C37H47F9N4O4Si/c1-8-30(34(6,7)54-55-33(3,4)5)49-29-13-12-25(35(38,39)40)17-24(29)22-50(21-23-15-26(36(41,42)43)18-27(16-23)37(44,45)46)32-47-19-28(20-48-32)53-14-10-11-31(51)52-9-2/h12-13,15-20,30,49H,8-11,14,21-22,55H2,1-7H3/t30-/m0/s1. The van der Waals surface area contributed by atoms with E-state index in [1.54, 1.807) is 6.92 Å². The molecule has 1 atom stereocenters. The minimum atomic E-state index is -5.14. The lowest BCUT2D eigenvalue weighted by Crippen LogP contribution is -2.46. The van der Waals surface area contributed by atoms with Gasteiger partial charge in [0.2, 0.25) is 5.95 Å². The molecule has 1 heterocycles. The van der Waals surface area contributed by atoms with E-state index in [4.69, 9.17) is 13.9 Å². The van der Waals surface area contributed by atoms with Gasteiger partial charge in [0.25, 0.3) is 0 Å². The van der Waals surface area contributed by atoms with Crippen molar-refractivity contribution in [2.45, 2.75) is 116 Å². The van der Waals surface area contributed by atoms with Crippen LogP contribution >= 0.6 is 0 Å². The fourth-order valence-corrected chi connectivity index (χ4v) is 6.43. The van der Waals surface area contributed by atoms with Gasteiger partial charge in [-0.1, -0.05) is 27.7 Å². The van der Waals surface area contributed by atoms with E-state index in [2.05, 4.69) is 15.3 Å². The van der Waals surface area contributed by atoms with Gasteiger partial charge in [-0.15, -0.1) is 0 Å². The number of esters is 1. The maximum Gasteiger partial charge on any atom is 0.416 e. The van der Waals surface area contributed by atoms with Crippen LogP contribution in [0.15, 0.2) is 48.8 Å². The Morgan fingerprint density at radius 2 is 1.40 bits per heavy atom. The van der Waals surface area contributed by atoms with Crippen LogP contribution in [0.3, 0.4) is 0 Å². The molecule has 2 aromatic carbocycles. The number of alkyl halides is 9. The third kappa shape index (κ3) is 14.2. The van der Waals surface area contributed by atoms with Gasteiger partial charge in [-0.25, -0.2) is 9.97 Å². The molecule has 0 aliphatic rings. The average Bonchev–Trinajstić information content (AvgIpc) is 3.07. The van der Waals surface area contributed by atoms with Crippen molar-refractivity contribution >= 4 is 27.4 Å². The molecule has 0 saturated heterocycles. The molecule has 306 valence electrons. The highest BCUT2D eigenvalue weighted by atomic mass is 28.2. The second-order valence-electron chi connectivity index (χ2n) is 14.7. The second kappa shape index (κ2) is 18.3. The van der Waals surface area contributed by atoms with Crippen LogP contribution in [0.25, 0.3) is 0 Å². The van der Waals surface area contributed by atoms with E-state index in [1.165, 1.54) is 23.4 Å². The number of carbonyl (C=O) groups excluding carboxylic acids is 1. The SMILES string of the molecule is CCOC(=O)CCCOc1cnc(N(Cc2cc(C(F)(F)F)cc(C(F)(F)F)c2)Cc2cc(C(F)(F)F)ccc2N[C@@H](CC)C(C)(C)O[SiH2]C(C)(C)C)nc1. The van der Waals surface area contributed by atoms with Gasteiger partial charge in [0, 0.05) is 25.2 Å². The van der Waals surface area contributed by atoms with E-state index in [1.807, 2.05) is 41.5 Å². The third-order valence-electron chi connectivity index (χ3n) is 8.27. The summed E-state index contributed by atoms with van der Waals surface area (Å²) in [6.07, 6.45) is -11.8. The fraction of sp³-hybridized carbons (Fsp3) is 0.541. The third-order valence-corrected chi connectivity index (χ3v) is 10.0. The minimum Gasteiger partial charge on any atom is -0.490 e. The summed E-state index contributed by atoms with van der Waals surface area (Å²) >= 11 is 0. The summed E-state index contributed by atoms with van der Waals surface area (Å²) in [5.41, 5.74) is -5.10. The number of benzene rings is 2. The van der Waals surface area contributed by atoms with E-state index in [0.29, 0.717) is 18.6 Å². The van der Waals surface area contributed by atoms with Crippen LogP contribution < -0.4 is 15.0 Å². The number of nitrogens with one attached hydrogen (secondary N) is 1. The predicted molar refractivity (Wildman–Crippen MR) is 192 cm³/mol. The maximum atomic E-state index is 14.1. The first-order valence-corrected chi connectivity index (χ1v) is 18.8. The van der Waals surface area contributed by atoms with Crippen molar-refractivity contribution in [2.75, 3.05) is 23.4 Å². The first kappa shape index (κ1) is 45.3. The summed E-state index contributed by atoms with van der Waals surface area (Å²) in [7, 11) is -1.07. The van der Waals surface area contributed by atoms with E-state index in [9.17, 15) is 44.3 Å². The number of aromatic nitrogens is 2. The lowest BCUT2D eigenvalue weighted by molar-refractivity contribution is -0.144. The highest BCUT2D eigenvalue weighted by molar-refractivity contribution is 6.31. The fourth-order valence-electron chi connectivity index (χ4n) is 5.42. The largest absolute Gasteiger partial charge is 0.490 e. The van der Waals surface area contributed by atoms with Crippen molar-refractivity contribution in [1.82, 2.24) is 9.97 Å². The quantitative estimate of drug-likeness (QED) is 0.0625. The van der Waals surface area contributed by atoms with Gasteiger partial charge < -0.3 is 24.1 Å². The van der Waals surface area contributed by atoms with Crippen molar-refractivity contribution < 1.29 is 58.2 Å². The minimum absolute atomic E-state index is 0.00945. The van der Waals surface area contributed by atoms with Crippen molar-refractivity contribution in [3.8, 4) is 5.75 Å². The molecule has 3 rings (SSSR count). The normalized spacial score (nSPS) is 13.6. The summed E-state index contributed by atoms with van der Waals surface area (Å²) in [4.78, 5) is 21.2. The van der Waals surface area contributed by atoms with Gasteiger partial charge in [-0.05, 0) is 86.2 Å². The van der Waals surface area contributed by atoms with Gasteiger partial charge in [0.15, 0.2) is 15.5 Å². The van der Waals surface area contributed by atoms with Crippen molar-refractivity contribution in [1.29, 1.82) is 0 Å². The Hall–Kier alpha value is -4.06. The molecule has 0 amide bonds. The maximum absolute atomic E-state index is 14.1.